The van der Waals surface area contributed by atoms with E-state index in [2.05, 4.69) is 6.58 Å². The van der Waals surface area contributed by atoms with Crippen molar-refractivity contribution in [2.75, 3.05) is 25.0 Å². The Morgan fingerprint density at radius 3 is 2.06 bits per heavy atom. The van der Waals surface area contributed by atoms with Gasteiger partial charge in [-0.05, 0) is 5.56 Å². The molecule has 1 aromatic carbocycles. The van der Waals surface area contributed by atoms with Crippen molar-refractivity contribution in [3.63, 3.8) is 0 Å². The van der Waals surface area contributed by atoms with Crippen molar-refractivity contribution in [2.24, 2.45) is 0 Å². The average Bonchev–Trinajstić information content (AvgIpc) is 2.43. The molecule has 0 aliphatic carbocycles. The van der Waals surface area contributed by atoms with E-state index in [1.54, 1.807) is 12.1 Å². The van der Waals surface area contributed by atoms with Crippen LogP contribution in [0.25, 0.3) is 5.31 Å². The van der Waals surface area contributed by atoms with E-state index in [1.807, 2.05) is 18.2 Å². The number of halogens is 2. The fourth-order valence-electron chi connectivity index (χ4n) is 1.29. The topological polar surface area (TPSA) is 35.5 Å². The van der Waals surface area contributed by atoms with Gasteiger partial charge in [-0.25, -0.2) is 0 Å². The molecular weight excluding hydrogens is 294 g/mol. The summed E-state index contributed by atoms with van der Waals surface area (Å²) in [5.41, 5.74) is 0.713. The van der Waals surface area contributed by atoms with Crippen LogP contribution in [0.15, 0.2) is 36.9 Å². The van der Waals surface area contributed by atoms with Gasteiger partial charge < -0.3 is 9.05 Å². The first-order valence-electron chi connectivity index (χ1n) is 5.40. The van der Waals surface area contributed by atoms with Crippen LogP contribution >= 0.6 is 30.8 Å². The minimum absolute atomic E-state index is 0.132. The van der Waals surface area contributed by atoms with E-state index in [0.717, 1.165) is 0 Å². The smallest absolute Gasteiger partial charge is 0.304 e. The van der Waals surface area contributed by atoms with Crippen molar-refractivity contribution < 1.29 is 13.6 Å². The Hall–Kier alpha value is -0.310. The van der Waals surface area contributed by atoms with Crippen LogP contribution in [0, 0.1) is 0 Å². The highest BCUT2D eigenvalue weighted by atomic mass is 35.5. The summed E-state index contributed by atoms with van der Waals surface area (Å²) >= 11 is 11.1. The van der Waals surface area contributed by atoms with Gasteiger partial charge in [0, 0.05) is 11.8 Å². The minimum atomic E-state index is -3.43. The van der Waals surface area contributed by atoms with Crippen molar-refractivity contribution in [1.82, 2.24) is 0 Å². The monoisotopic (exact) mass is 308 g/mol. The molecule has 0 spiro atoms. The second kappa shape index (κ2) is 7.98. The van der Waals surface area contributed by atoms with Crippen LogP contribution in [0.2, 0.25) is 0 Å². The molecule has 0 fully saturated rings. The molecule has 0 saturated carbocycles. The SMILES string of the molecule is C=C(c1ccccc1)P(=O)(OCCCl)OCCCl. The van der Waals surface area contributed by atoms with Crippen LogP contribution in [-0.4, -0.2) is 25.0 Å². The predicted molar refractivity (Wildman–Crippen MR) is 76.4 cm³/mol. The fraction of sp³-hybridized carbons (Fsp3) is 0.333. The maximum atomic E-state index is 12.6. The quantitative estimate of drug-likeness (QED) is 0.528. The Kier molecular flexibility index (Phi) is 6.98. The summed E-state index contributed by atoms with van der Waals surface area (Å²) in [5.74, 6) is 0.465. The highest BCUT2D eigenvalue weighted by molar-refractivity contribution is 7.65. The van der Waals surface area contributed by atoms with Gasteiger partial charge in [-0.1, -0.05) is 36.9 Å². The number of benzene rings is 1. The first-order valence-corrected chi connectivity index (χ1v) is 8.01. The van der Waals surface area contributed by atoms with E-state index in [4.69, 9.17) is 32.2 Å². The Balaban J connectivity index is 2.88. The zero-order valence-corrected chi connectivity index (χ0v) is 12.3. The average molecular weight is 309 g/mol. The second-order valence-electron chi connectivity index (χ2n) is 3.35. The molecule has 100 valence electrons. The molecule has 0 saturated heterocycles. The summed E-state index contributed by atoms with van der Waals surface area (Å²) in [6, 6.07) is 9.11. The third kappa shape index (κ3) is 4.42. The van der Waals surface area contributed by atoms with E-state index < -0.39 is 7.60 Å². The third-order valence-corrected chi connectivity index (χ3v) is 4.39. The molecule has 1 aromatic rings. The van der Waals surface area contributed by atoms with Gasteiger partial charge in [0.15, 0.2) is 0 Å². The van der Waals surface area contributed by atoms with Gasteiger partial charge in [0.2, 0.25) is 0 Å². The summed E-state index contributed by atoms with van der Waals surface area (Å²) < 4.78 is 23.1. The van der Waals surface area contributed by atoms with E-state index >= 15 is 0 Å². The molecule has 0 aliphatic heterocycles. The fourth-order valence-corrected chi connectivity index (χ4v) is 3.18. The lowest BCUT2D eigenvalue weighted by atomic mass is 10.2. The maximum absolute atomic E-state index is 12.6. The van der Waals surface area contributed by atoms with E-state index in [0.29, 0.717) is 10.9 Å². The van der Waals surface area contributed by atoms with Crippen molar-refractivity contribution in [1.29, 1.82) is 0 Å². The lowest BCUT2D eigenvalue weighted by molar-refractivity contribution is 0.232. The zero-order chi connectivity index (χ0) is 13.4. The van der Waals surface area contributed by atoms with Gasteiger partial charge in [-0.2, -0.15) is 0 Å². The predicted octanol–water partition coefficient (Wildman–Crippen LogP) is 4.36. The molecule has 6 heteroatoms. The van der Waals surface area contributed by atoms with Gasteiger partial charge in [-0.15, -0.1) is 23.2 Å². The molecule has 3 nitrogen and oxygen atoms in total. The third-order valence-electron chi connectivity index (χ3n) is 2.11. The summed E-state index contributed by atoms with van der Waals surface area (Å²) in [4.78, 5) is 0. The van der Waals surface area contributed by atoms with Crippen LogP contribution in [0.5, 0.6) is 0 Å². The molecule has 0 amide bonds. The van der Waals surface area contributed by atoms with Crippen molar-refractivity contribution >= 4 is 36.1 Å². The molecule has 0 heterocycles. The Labute approximate surface area is 117 Å². The molecule has 0 aromatic heterocycles. The molecular formula is C12H15Cl2O3P. The molecule has 0 unspecified atom stereocenters. The first-order chi connectivity index (χ1) is 8.64. The summed E-state index contributed by atoms with van der Waals surface area (Å²) in [5, 5.41) is 0.318. The maximum Gasteiger partial charge on any atom is 0.361 e. The number of hydrogen-bond donors (Lipinski definition) is 0. The number of rotatable bonds is 8. The Morgan fingerprint density at radius 1 is 1.11 bits per heavy atom. The van der Waals surface area contributed by atoms with Crippen molar-refractivity contribution in [3.05, 3.63) is 42.5 Å². The lowest BCUT2D eigenvalue weighted by Crippen LogP contribution is -2.02. The van der Waals surface area contributed by atoms with E-state index in [-0.39, 0.29) is 25.0 Å². The van der Waals surface area contributed by atoms with Crippen LogP contribution in [-0.2, 0) is 13.6 Å². The summed E-state index contributed by atoms with van der Waals surface area (Å²) in [6.07, 6.45) is 0. The van der Waals surface area contributed by atoms with Gasteiger partial charge in [0.05, 0.1) is 18.5 Å². The van der Waals surface area contributed by atoms with Crippen LogP contribution < -0.4 is 0 Å². The highest BCUT2D eigenvalue weighted by Crippen LogP contribution is 2.59. The van der Waals surface area contributed by atoms with Crippen LogP contribution in [0.3, 0.4) is 0 Å². The van der Waals surface area contributed by atoms with Gasteiger partial charge in [0.25, 0.3) is 0 Å². The van der Waals surface area contributed by atoms with Crippen molar-refractivity contribution in [2.45, 2.75) is 0 Å². The molecule has 1 rings (SSSR count). The van der Waals surface area contributed by atoms with Crippen LogP contribution in [0.1, 0.15) is 5.56 Å². The largest absolute Gasteiger partial charge is 0.361 e. The molecule has 18 heavy (non-hydrogen) atoms. The summed E-state index contributed by atoms with van der Waals surface area (Å²) in [6.45, 7) is 4.07. The van der Waals surface area contributed by atoms with E-state index in [1.165, 1.54) is 0 Å². The zero-order valence-electron chi connectivity index (χ0n) is 9.85. The lowest BCUT2D eigenvalue weighted by Gasteiger charge is -2.19. The standard InChI is InChI=1S/C12H15Cl2O3P/c1-11(12-5-3-2-4-6-12)18(15,16-9-7-13)17-10-8-14/h2-6H,1,7-10H2. The first kappa shape index (κ1) is 15.7. The normalized spacial score (nSPS) is 11.4. The van der Waals surface area contributed by atoms with Crippen LogP contribution in [0.4, 0.5) is 0 Å². The molecule has 0 aliphatic rings. The van der Waals surface area contributed by atoms with Crippen molar-refractivity contribution in [3.8, 4) is 0 Å². The van der Waals surface area contributed by atoms with Gasteiger partial charge in [-0.3, -0.25) is 4.57 Å². The molecule has 0 bridgehead atoms. The highest BCUT2D eigenvalue weighted by Gasteiger charge is 2.29. The molecule has 0 atom stereocenters. The molecule has 0 radical (unpaired) electrons. The van der Waals surface area contributed by atoms with Gasteiger partial charge >= 0.3 is 7.60 Å². The molecule has 0 N–H and O–H groups in total. The Morgan fingerprint density at radius 2 is 1.61 bits per heavy atom. The Bertz CT molecular complexity index is 411. The number of hydrogen-bond acceptors (Lipinski definition) is 3. The summed E-state index contributed by atoms with van der Waals surface area (Å²) in [7, 11) is -3.43. The second-order valence-corrected chi connectivity index (χ2v) is 6.16. The number of alkyl halides is 2. The minimum Gasteiger partial charge on any atom is -0.304 e. The van der Waals surface area contributed by atoms with Gasteiger partial charge in [0.1, 0.15) is 0 Å². The van der Waals surface area contributed by atoms with E-state index in [9.17, 15) is 4.57 Å².